The summed E-state index contributed by atoms with van der Waals surface area (Å²) in [5, 5.41) is 12.1. The molecule has 0 radical (unpaired) electrons. The average Bonchev–Trinajstić information content (AvgIpc) is 3.22. The highest BCUT2D eigenvalue weighted by molar-refractivity contribution is 7.99. The lowest BCUT2D eigenvalue weighted by atomic mass is 10.1. The van der Waals surface area contributed by atoms with Crippen LogP contribution in [0.25, 0.3) is 5.69 Å². The Balaban J connectivity index is 1.51. The van der Waals surface area contributed by atoms with Gasteiger partial charge in [0.15, 0.2) is 5.16 Å². The Kier molecular flexibility index (Phi) is 7.42. The van der Waals surface area contributed by atoms with Gasteiger partial charge in [0.1, 0.15) is 11.6 Å². The molecule has 0 saturated heterocycles. The Morgan fingerprint density at radius 1 is 1.03 bits per heavy atom. The van der Waals surface area contributed by atoms with Crippen molar-refractivity contribution < 1.29 is 9.18 Å². The molecule has 1 heterocycles. The second kappa shape index (κ2) is 10.6. The van der Waals surface area contributed by atoms with Crippen LogP contribution in [0.3, 0.4) is 0 Å². The van der Waals surface area contributed by atoms with E-state index in [9.17, 15) is 9.18 Å². The normalized spacial score (nSPS) is 10.9. The highest BCUT2D eigenvalue weighted by Gasteiger charge is 2.16. The second-order valence-electron chi connectivity index (χ2n) is 7.52. The lowest BCUT2D eigenvalue weighted by Gasteiger charge is -2.11. The van der Waals surface area contributed by atoms with E-state index in [2.05, 4.69) is 33.7 Å². The Hall–Kier alpha value is -3.16. The molecule has 168 valence electrons. The zero-order chi connectivity index (χ0) is 23.2. The smallest absolute Gasteiger partial charge is 0.234 e. The Labute approximate surface area is 201 Å². The molecule has 0 aliphatic carbocycles. The van der Waals surface area contributed by atoms with E-state index >= 15 is 0 Å². The molecule has 0 aliphatic heterocycles. The number of benzene rings is 3. The summed E-state index contributed by atoms with van der Waals surface area (Å²) in [7, 11) is 0. The van der Waals surface area contributed by atoms with E-state index in [4.69, 9.17) is 11.6 Å². The van der Waals surface area contributed by atoms with Gasteiger partial charge >= 0.3 is 0 Å². The number of carbonyl (C=O) groups is 1. The van der Waals surface area contributed by atoms with Crippen molar-refractivity contribution in [2.75, 3.05) is 11.1 Å². The molecule has 0 bridgehead atoms. The van der Waals surface area contributed by atoms with Crippen LogP contribution in [0.2, 0.25) is 5.02 Å². The van der Waals surface area contributed by atoms with Crippen LogP contribution >= 0.6 is 23.4 Å². The topological polar surface area (TPSA) is 59.8 Å². The van der Waals surface area contributed by atoms with Gasteiger partial charge in [0, 0.05) is 17.8 Å². The summed E-state index contributed by atoms with van der Waals surface area (Å²) < 4.78 is 15.3. The second-order valence-corrected chi connectivity index (χ2v) is 8.87. The van der Waals surface area contributed by atoms with E-state index < -0.39 is 5.82 Å². The van der Waals surface area contributed by atoms with Crippen molar-refractivity contribution in [3.8, 4) is 5.69 Å². The summed E-state index contributed by atoms with van der Waals surface area (Å²) in [5.74, 6) is 0.181. The summed E-state index contributed by atoms with van der Waals surface area (Å²) in [4.78, 5) is 12.5. The molecule has 0 unspecified atom stereocenters. The molecule has 4 rings (SSSR count). The molecule has 33 heavy (non-hydrogen) atoms. The molecule has 1 N–H and O–H groups in total. The number of anilines is 1. The minimum absolute atomic E-state index is 0.0392. The number of hydrogen-bond acceptors (Lipinski definition) is 4. The molecule has 3 aromatic carbocycles. The van der Waals surface area contributed by atoms with Gasteiger partial charge < -0.3 is 5.32 Å². The van der Waals surface area contributed by atoms with Gasteiger partial charge in [0.05, 0.1) is 10.8 Å². The van der Waals surface area contributed by atoms with Crippen molar-refractivity contribution in [2.45, 2.75) is 24.9 Å². The lowest BCUT2D eigenvalue weighted by Crippen LogP contribution is -2.14. The summed E-state index contributed by atoms with van der Waals surface area (Å²) in [6, 6.07) is 22.4. The molecule has 0 spiro atoms. The number of nitrogens with one attached hydrogen (secondary N) is 1. The van der Waals surface area contributed by atoms with Crippen molar-refractivity contribution in [2.24, 2.45) is 0 Å². The minimum atomic E-state index is -0.529. The third-order valence-electron chi connectivity index (χ3n) is 4.98. The largest absolute Gasteiger partial charge is 0.325 e. The number of hydrogen-bond donors (Lipinski definition) is 1. The maximum absolute atomic E-state index is 13.3. The maximum Gasteiger partial charge on any atom is 0.234 e. The Morgan fingerprint density at radius 2 is 1.85 bits per heavy atom. The van der Waals surface area contributed by atoms with Crippen LogP contribution in [0.1, 0.15) is 17.0 Å². The molecule has 8 heteroatoms. The lowest BCUT2D eigenvalue weighted by molar-refractivity contribution is -0.113. The number of nitrogens with zero attached hydrogens (tertiary/aromatic N) is 3. The molecule has 1 amide bonds. The van der Waals surface area contributed by atoms with Crippen molar-refractivity contribution in [3.05, 3.63) is 101 Å². The van der Waals surface area contributed by atoms with Crippen LogP contribution < -0.4 is 5.32 Å². The molecule has 1 aromatic heterocycles. The molecular weight excluding hydrogens is 459 g/mol. The highest BCUT2D eigenvalue weighted by atomic mass is 35.5. The van der Waals surface area contributed by atoms with E-state index in [1.54, 1.807) is 0 Å². The van der Waals surface area contributed by atoms with Crippen molar-refractivity contribution in [1.29, 1.82) is 0 Å². The molecule has 0 atom stereocenters. The Bertz CT molecular complexity index is 1260. The zero-order valence-electron chi connectivity index (χ0n) is 18.0. The van der Waals surface area contributed by atoms with Crippen molar-refractivity contribution in [1.82, 2.24) is 14.8 Å². The third kappa shape index (κ3) is 6.00. The monoisotopic (exact) mass is 480 g/mol. The van der Waals surface area contributed by atoms with E-state index in [0.717, 1.165) is 23.5 Å². The maximum atomic E-state index is 13.3. The summed E-state index contributed by atoms with van der Waals surface area (Å²) in [5.41, 5.74) is 3.74. The zero-order valence-corrected chi connectivity index (χ0v) is 19.5. The van der Waals surface area contributed by atoms with Gasteiger partial charge in [-0.1, -0.05) is 65.8 Å². The fourth-order valence-electron chi connectivity index (χ4n) is 3.38. The van der Waals surface area contributed by atoms with Crippen molar-refractivity contribution >= 4 is 35.0 Å². The number of thioether (sulfide) groups is 1. The SMILES string of the molecule is Cc1cccc(-n2c(CCc3ccccc3)nnc2SCC(=O)Nc2ccc(F)c(Cl)c2)c1. The molecule has 0 aliphatic rings. The molecular formula is C25H22ClFN4OS. The summed E-state index contributed by atoms with van der Waals surface area (Å²) >= 11 is 7.09. The van der Waals surface area contributed by atoms with Crippen LogP contribution in [0.5, 0.6) is 0 Å². The van der Waals surface area contributed by atoms with Crippen LogP contribution in [-0.4, -0.2) is 26.4 Å². The number of aryl methyl sites for hydroxylation is 3. The number of rotatable bonds is 8. The van der Waals surface area contributed by atoms with E-state index in [-0.39, 0.29) is 16.7 Å². The van der Waals surface area contributed by atoms with Gasteiger partial charge in [0.2, 0.25) is 5.91 Å². The minimum Gasteiger partial charge on any atom is -0.325 e. The fraction of sp³-hybridized carbons (Fsp3) is 0.160. The van der Waals surface area contributed by atoms with Crippen molar-refractivity contribution in [3.63, 3.8) is 0 Å². The van der Waals surface area contributed by atoms with Crippen LogP contribution in [0, 0.1) is 12.7 Å². The number of amides is 1. The van der Waals surface area contributed by atoms with Gasteiger partial charge in [0.25, 0.3) is 0 Å². The first-order chi connectivity index (χ1) is 16.0. The van der Waals surface area contributed by atoms with Crippen LogP contribution in [0.4, 0.5) is 10.1 Å². The first kappa shape index (κ1) is 23.0. The van der Waals surface area contributed by atoms with Crippen LogP contribution in [-0.2, 0) is 17.6 Å². The fourth-order valence-corrected chi connectivity index (χ4v) is 4.34. The van der Waals surface area contributed by atoms with Gasteiger partial charge in [-0.3, -0.25) is 9.36 Å². The van der Waals surface area contributed by atoms with Gasteiger partial charge in [-0.05, 0) is 54.8 Å². The van der Waals surface area contributed by atoms with Gasteiger partial charge in [-0.15, -0.1) is 10.2 Å². The van der Waals surface area contributed by atoms with E-state index in [1.807, 2.05) is 47.9 Å². The molecule has 4 aromatic rings. The molecule has 0 saturated carbocycles. The summed E-state index contributed by atoms with van der Waals surface area (Å²) in [6.45, 7) is 2.03. The highest BCUT2D eigenvalue weighted by Crippen LogP contribution is 2.25. The number of carbonyl (C=O) groups excluding carboxylic acids is 1. The molecule has 5 nitrogen and oxygen atoms in total. The number of aromatic nitrogens is 3. The summed E-state index contributed by atoms with van der Waals surface area (Å²) in [6.07, 6.45) is 1.55. The van der Waals surface area contributed by atoms with Gasteiger partial charge in [-0.25, -0.2) is 4.39 Å². The number of halogens is 2. The first-order valence-electron chi connectivity index (χ1n) is 10.4. The van der Waals surface area contributed by atoms with E-state index in [1.165, 1.54) is 35.5 Å². The third-order valence-corrected chi connectivity index (χ3v) is 6.19. The van der Waals surface area contributed by atoms with Crippen LogP contribution in [0.15, 0.2) is 78.0 Å². The molecule has 0 fully saturated rings. The predicted octanol–water partition coefficient (Wildman–Crippen LogP) is 5.88. The average molecular weight is 481 g/mol. The Morgan fingerprint density at radius 3 is 2.61 bits per heavy atom. The van der Waals surface area contributed by atoms with Gasteiger partial charge in [-0.2, -0.15) is 0 Å². The first-order valence-corrected chi connectivity index (χ1v) is 11.8. The quantitative estimate of drug-likeness (QED) is 0.320. The van der Waals surface area contributed by atoms with E-state index in [0.29, 0.717) is 17.3 Å². The standard InChI is InChI=1S/C25H22ClFN4OS/c1-17-6-5-9-20(14-17)31-23(13-10-18-7-3-2-4-8-18)29-30-25(31)33-16-24(32)28-19-11-12-22(27)21(26)15-19/h2-9,11-12,14-15H,10,13,16H2,1H3,(H,28,32). The predicted molar refractivity (Wildman–Crippen MR) is 131 cm³/mol.